The summed E-state index contributed by atoms with van der Waals surface area (Å²) in [4.78, 5) is 9.59. The predicted octanol–water partition coefficient (Wildman–Crippen LogP) is 5.76. The van der Waals surface area contributed by atoms with Gasteiger partial charge in [0.2, 0.25) is 5.72 Å². The number of amidine groups is 1. The first-order valence-electron chi connectivity index (χ1n) is 9.31. The maximum Gasteiger partial charge on any atom is 0.242 e. The van der Waals surface area contributed by atoms with E-state index in [9.17, 15) is 4.39 Å². The summed E-state index contributed by atoms with van der Waals surface area (Å²) in [5, 5.41) is 4.83. The van der Waals surface area contributed by atoms with E-state index in [1.54, 1.807) is 12.1 Å². The number of fused-ring (bicyclic) bond motifs is 3. The Morgan fingerprint density at radius 1 is 1.00 bits per heavy atom. The molecule has 2 heterocycles. The lowest BCUT2D eigenvalue weighted by molar-refractivity contribution is -0.0274. The maximum absolute atomic E-state index is 13.6. The fourth-order valence-electron chi connectivity index (χ4n) is 3.98. The number of halogens is 1. The quantitative estimate of drug-likeness (QED) is 0.556. The summed E-state index contributed by atoms with van der Waals surface area (Å²) in [7, 11) is 0. The highest BCUT2D eigenvalue weighted by atomic mass is 32.2. The number of benzene rings is 3. The lowest BCUT2D eigenvalue weighted by Crippen LogP contribution is -2.47. The van der Waals surface area contributed by atoms with Gasteiger partial charge >= 0.3 is 0 Å². The number of rotatable bonds is 2. The van der Waals surface area contributed by atoms with Gasteiger partial charge in [0, 0.05) is 27.7 Å². The molecule has 28 heavy (non-hydrogen) atoms. The summed E-state index contributed by atoms with van der Waals surface area (Å²) in [5.74, 6) is 0.511. The van der Waals surface area contributed by atoms with Crippen LogP contribution in [0.3, 0.4) is 0 Å². The van der Waals surface area contributed by atoms with Crippen molar-refractivity contribution in [2.24, 2.45) is 5.16 Å². The van der Waals surface area contributed by atoms with Crippen molar-refractivity contribution in [1.29, 1.82) is 0 Å². The maximum atomic E-state index is 13.6. The third-order valence-corrected chi connectivity index (χ3v) is 6.35. The summed E-state index contributed by atoms with van der Waals surface area (Å²) in [5.41, 5.74) is 2.13. The molecule has 2 aliphatic heterocycles. The van der Waals surface area contributed by atoms with Crippen LogP contribution in [0.15, 0.2) is 88.9 Å². The topological polar surface area (TPSA) is 24.8 Å². The average Bonchev–Trinajstić information content (AvgIpc) is 3.03. The first-order chi connectivity index (χ1) is 13.7. The minimum atomic E-state index is -0.808. The van der Waals surface area contributed by atoms with Crippen LogP contribution in [0.2, 0.25) is 0 Å². The van der Waals surface area contributed by atoms with Crippen LogP contribution in [-0.2, 0) is 10.6 Å². The molecule has 3 aromatic carbocycles. The Bertz CT molecular complexity index is 1040. The van der Waals surface area contributed by atoms with Gasteiger partial charge in [-0.1, -0.05) is 66.7 Å². The van der Waals surface area contributed by atoms with Crippen LogP contribution in [0.1, 0.15) is 24.5 Å². The second-order valence-electron chi connectivity index (χ2n) is 7.10. The van der Waals surface area contributed by atoms with Gasteiger partial charge in [-0.2, -0.15) is 0 Å². The zero-order valence-corrected chi connectivity index (χ0v) is 16.2. The fraction of sp³-hybridized carbons (Fsp3) is 0.174. The molecule has 2 atom stereocenters. The highest BCUT2D eigenvalue weighted by Crippen LogP contribution is 2.51. The third kappa shape index (κ3) is 2.69. The van der Waals surface area contributed by atoms with Crippen molar-refractivity contribution in [3.63, 3.8) is 0 Å². The Labute approximate surface area is 167 Å². The van der Waals surface area contributed by atoms with Gasteiger partial charge in [0.25, 0.3) is 0 Å². The van der Waals surface area contributed by atoms with Crippen molar-refractivity contribution in [3.8, 4) is 0 Å². The van der Waals surface area contributed by atoms with E-state index in [1.807, 2.05) is 48.2 Å². The van der Waals surface area contributed by atoms with Gasteiger partial charge in [-0.25, -0.2) is 4.39 Å². The summed E-state index contributed by atoms with van der Waals surface area (Å²) >= 11 is 1.83. The van der Waals surface area contributed by atoms with Crippen LogP contribution >= 0.6 is 11.8 Å². The highest BCUT2D eigenvalue weighted by molar-refractivity contribution is 8.00. The van der Waals surface area contributed by atoms with Crippen LogP contribution in [0.25, 0.3) is 0 Å². The molecule has 0 bridgehead atoms. The second-order valence-corrected chi connectivity index (χ2v) is 8.58. The van der Waals surface area contributed by atoms with Gasteiger partial charge in [-0.15, -0.1) is 11.8 Å². The van der Waals surface area contributed by atoms with E-state index in [-0.39, 0.29) is 5.82 Å². The molecule has 0 aliphatic carbocycles. The number of hydrogen-bond acceptors (Lipinski definition) is 4. The SMILES string of the molecule is C[C@H]1C[C@@]2(c3ccc(F)cc3)ON=C(c3ccccc3)N2c2ccccc2S1. The Balaban J connectivity index is 1.74. The lowest BCUT2D eigenvalue weighted by Gasteiger charge is -2.37. The molecule has 5 heteroatoms. The van der Waals surface area contributed by atoms with Gasteiger partial charge in [-0.05, 0) is 24.3 Å². The molecule has 0 spiro atoms. The molecule has 140 valence electrons. The molecular weight excluding hydrogens is 371 g/mol. The number of hydrogen-bond donors (Lipinski definition) is 0. The van der Waals surface area contributed by atoms with Crippen molar-refractivity contribution >= 4 is 23.3 Å². The molecule has 0 saturated carbocycles. The summed E-state index contributed by atoms with van der Waals surface area (Å²) in [6.45, 7) is 2.19. The molecule has 0 aromatic heterocycles. The zero-order valence-electron chi connectivity index (χ0n) is 15.4. The number of oxime groups is 1. The van der Waals surface area contributed by atoms with Crippen LogP contribution < -0.4 is 4.90 Å². The normalized spacial score (nSPS) is 23.3. The van der Waals surface area contributed by atoms with Crippen LogP contribution in [-0.4, -0.2) is 11.1 Å². The van der Waals surface area contributed by atoms with Crippen molar-refractivity contribution in [1.82, 2.24) is 0 Å². The number of anilines is 1. The third-order valence-electron chi connectivity index (χ3n) is 5.18. The van der Waals surface area contributed by atoms with E-state index in [0.29, 0.717) is 5.25 Å². The second kappa shape index (κ2) is 6.67. The Kier molecular flexibility index (Phi) is 4.13. The monoisotopic (exact) mass is 390 g/mol. The lowest BCUT2D eigenvalue weighted by atomic mass is 9.94. The molecule has 5 rings (SSSR count). The average molecular weight is 390 g/mol. The first-order valence-corrected chi connectivity index (χ1v) is 10.2. The van der Waals surface area contributed by atoms with E-state index >= 15 is 0 Å². The summed E-state index contributed by atoms with van der Waals surface area (Å²) in [6.07, 6.45) is 0.720. The molecule has 3 nitrogen and oxygen atoms in total. The molecule has 0 unspecified atom stereocenters. The molecule has 0 fully saturated rings. The van der Waals surface area contributed by atoms with Crippen molar-refractivity contribution in [3.05, 3.63) is 95.8 Å². The predicted molar refractivity (Wildman–Crippen MR) is 111 cm³/mol. The highest BCUT2D eigenvalue weighted by Gasteiger charge is 2.52. The van der Waals surface area contributed by atoms with Crippen molar-refractivity contribution in [2.75, 3.05) is 4.90 Å². The van der Waals surface area contributed by atoms with Crippen LogP contribution in [0.5, 0.6) is 0 Å². The number of nitrogens with zero attached hydrogens (tertiary/aromatic N) is 2. The van der Waals surface area contributed by atoms with Gasteiger partial charge in [0.05, 0.1) is 5.69 Å². The van der Waals surface area contributed by atoms with E-state index in [2.05, 4.69) is 35.2 Å². The summed E-state index contributed by atoms with van der Waals surface area (Å²) < 4.78 is 13.6. The van der Waals surface area contributed by atoms with Gasteiger partial charge in [-0.3, -0.25) is 4.90 Å². The smallest absolute Gasteiger partial charge is 0.242 e. The van der Waals surface area contributed by atoms with Crippen molar-refractivity contribution < 1.29 is 9.23 Å². The molecular formula is C23H19FN2OS. The van der Waals surface area contributed by atoms with Gasteiger partial charge in [0.15, 0.2) is 5.84 Å². The summed E-state index contributed by atoms with van der Waals surface area (Å²) in [6, 6.07) is 25.0. The van der Waals surface area contributed by atoms with Crippen molar-refractivity contribution in [2.45, 2.75) is 29.2 Å². The Hall–Kier alpha value is -2.79. The largest absolute Gasteiger partial charge is 0.360 e. The van der Waals surface area contributed by atoms with E-state index in [0.717, 1.165) is 29.1 Å². The molecule has 0 saturated heterocycles. The van der Waals surface area contributed by atoms with Crippen LogP contribution in [0, 0.1) is 5.82 Å². The van der Waals surface area contributed by atoms with E-state index in [1.165, 1.54) is 17.0 Å². The minimum Gasteiger partial charge on any atom is -0.360 e. The zero-order chi connectivity index (χ0) is 19.1. The number of para-hydroxylation sites is 1. The standard InChI is InChI=1S/C23H19FN2OS/c1-16-15-23(18-11-13-19(24)14-12-18)26(20-9-5-6-10-21(20)28-16)22(25-27-23)17-7-3-2-4-8-17/h2-14,16H,15H2,1H3/t16-,23-/m0/s1. The van der Waals surface area contributed by atoms with Gasteiger partial charge in [0.1, 0.15) is 5.82 Å². The molecule has 0 N–H and O–H groups in total. The van der Waals surface area contributed by atoms with E-state index in [4.69, 9.17) is 4.84 Å². The first kappa shape index (κ1) is 17.3. The Morgan fingerprint density at radius 2 is 1.71 bits per heavy atom. The molecule has 0 amide bonds. The molecule has 3 aromatic rings. The fourth-order valence-corrected chi connectivity index (χ4v) is 5.16. The molecule has 2 aliphatic rings. The van der Waals surface area contributed by atoms with Gasteiger partial charge < -0.3 is 4.84 Å². The molecule has 0 radical (unpaired) electrons. The van der Waals surface area contributed by atoms with Crippen LogP contribution in [0.4, 0.5) is 10.1 Å². The Morgan fingerprint density at radius 3 is 2.50 bits per heavy atom. The number of thioether (sulfide) groups is 1. The minimum absolute atomic E-state index is 0.259. The van der Waals surface area contributed by atoms with E-state index < -0.39 is 5.72 Å².